The molecule has 3 heterocycles. The second kappa shape index (κ2) is 3.15. The Labute approximate surface area is 105 Å². The minimum absolute atomic E-state index is 0.0956. The third-order valence-electron chi connectivity index (χ3n) is 4.20. The second-order valence-corrected chi connectivity index (χ2v) is 6.33. The van der Waals surface area contributed by atoms with E-state index in [0.29, 0.717) is 6.54 Å². The SMILES string of the molecule is CC(C)(C)N1C[C@]23C=C[C@@H](O2)[C@H](C(=O)O)[C@@H]3C1=O. The number of nitrogens with zero attached hydrogens (tertiary/aromatic N) is 1. The van der Waals surface area contributed by atoms with E-state index in [1.165, 1.54) is 0 Å². The van der Waals surface area contributed by atoms with Crippen molar-refractivity contribution in [3.05, 3.63) is 12.2 Å². The Bertz CT molecular complexity index is 464. The lowest BCUT2D eigenvalue weighted by Gasteiger charge is -2.33. The molecule has 0 aromatic carbocycles. The van der Waals surface area contributed by atoms with E-state index < -0.39 is 29.5 Å². The fourth-order valence-corrected chi connectivity index (χ4v) is 3.35. The van der Waals surface area contributed by atoms with Crippen molar-refractivity contribution >= 4 is 11.9 Å². The van der Waals surface area contributed by atoms with Gasteiger partial charge in [0.15, 0.2) is 0 Å². The monoisotopic (exact) mass is 251 g/mol. The van der Waals surface area contributed by atoms with E-state index in [0.717, 1.165) is 0 Å². The van der Waals surface area contributed by atoms with Crippen molar-refractivity contribution in [1.82, 2.24) is 4.90 Å². The first-order chi connectivity index (χ1) is 8.26. The fourth-order valence-electron chi connectivity index (χ4n) is 3.35. The zero-order chi connectivity index (χ0) is 13.3. The molecule has 2 fully saturated rings. The maximum Gasteiger partial charge on any atom is 0.310 e. The van der Waals surface area contributed by atoms with Crippen LogP contribution in [0.15, 0.2) is 12.2 Å². The van der Waals surface area contributed by atoms with Gasteiger partial charge < -0.3 is 14.7 Å². The van der Waals surface area contributed by atoms with Crippen molar-refractivity contribution in [2.45, 2.75) is 38.0 Å². The van der Waals surface area contributed by atoms with Gasteiger partial charge in [0.1, 0.15) is 11.5 Å². The molecule has 3 aliphatic heterocycles. The van der Waals surface area contributed by atoms with Crippen LogP contribution in [0, 0.1) is 11.8 Å². The molecule has 4 atom stereocenters. The summed E-state index contributed by atoms with van der Waals surface area (Å²) in [6, 6.07) is 0. The quantitative estimate of drug-likeness (QED) is 0.695. The highest BCUT2D eigenvalue weighted by atomic mass is 16.5. The molecule has 2 bridgehead atoms. The average molecular weight is 251 g/mol. The molecule has 3 rings (SSSR count). The molecular weight excluding hydrogens is 234 g/mol. The fraction of sp³-hybridized carbons (Fsp3) is 0.692. The van der Waals surface area contributed by atoms with E-state index in [9.17, 15) is 14.7 Å². The zero-order valence-corrected chi connectivity index (χ0v) is 10.7. The van der Waals surface area contributed by atoms with Gasteiger partial charge in [-0.05, 0) is 20.8 Å². The molecule has 2 saturated heterocycles. The van der Waals surface area contributed by atoms with E-state index in [1.807, 2.05) is 26.8 Å². The molecule has 0 aromatic rings. The number of amides is 1. The van der Waals surface area contributed by atoms with Gasteiger partial charge in [-0.2, -0.15) is 0 Å². The highest BCUT2D eigenvalue weighted by Gasteiger charge is 2.67. The standard InChI is InChI=1S/C13H17NO4/c1-12(2,3)14-6-13-5-4-7(18-13)8(11(16)17)9(13)10(14)15/h4-5,7-9H,6H2,1-3H3,(H,16,17)/t7-,8+,9-,13+/m1/s1. The summed E-state index contributed by atoms with van der Waals surface area (Å²) in [7, 11) is 0. The summed E-state index contributed by atoms with van der Waals surface area (Å²) in [6.07, 6.45) is 3.22. The van der Waals surface area contributed by atoms with Crippen LogP contribution in [0.25, 0.3) is 0 Å². The number of carboxylic acids is 1. The molecule has 0 radical (unpaired) electrons. The summed E-state index contributed by atoms with van der Waals surface area (Å²) in [5.41, 5.74) is -1.02. The predicted octanol–water partition coefficient (Wildman–Crippen LogP) is 0.651. The van der Waals surface area contributed by atoms with E-state index >= 15 is 0 Å². The van der Waals surface area contributed by atoms with Crippen molar-refractivity contribution in [1.29, 1.82) is 0 Å². The Morgan fingerprint density at radius 3 is 2.78 bits per heavy atom. The average Bonchev–Trinajstić information content (AvgIpc) is 2.85. The lowest BCUT2D eigenvalue weighted by Crippen LogP contribution is -2.45. The zero-order valence-electron chi connectivity index (χ0n) is 10.7. The molecule has 5 nitrogen and oxygen atoms in total. The molecule has 1 N–H and O–H groups in total. The lowest BCUT2D eigenvalue weighted by atomic mass is 9.77. The first kappa shape index (κ1) is 11.7. The topological polar surface area (TPSA) is 66.8 Å². The number of fused-ring (bicyclic) bond motifs is 1. The highest BCUT2D eigenvalue weighted by Crippen LogP contribution is 2.52. The molecule has 18 heavy (non-hydrogen) atoms. The number of hydrogen-bond donors (Lipinski definition) is 1. The van der Waals surface area contributed by atoms with Crippen LogP contribution in [0.2, 0.25) is 0 Å². The number of carbonyl (C=O) groups is 2. The molecule has 98 valence electrons. The normalized spacial score (nSPS) is 41.6. The lowest BCUT2D eigenvalue weighted by molar-refractivity contribution is -0.149. The van der Waals surface area contributed by atoms with Crippen molar-refractivity contribution in [2.75, 3.05) is 6.54 Å². The Kier molecular flexibility index (Phi) is 2.05. The molecule has 0 aliphatic carbocycles. The molecule has 0 saturated carbocycles. The van der Waals surface area contributed by atoms with Gasteiger partial charge in [0.2, 0.25) is 5.91 Å². The molecule has 1 spiro atoms. The van der Waals surface area contributed by atoms with Crippen LogP contribution in [0.1, 0.15) is 20.8 Å². The number of carbonyl (C=O) groups excluding carboxylic acids is 1. The van der Waals surface area contributed by atoms with Gasteiger partial charge in [-0.25, -0.2) is 0 Å². The van der Waals surface area contributed by atoms with E-state index in [4.69, 9.17) is 4.74 Å². The Hall–Kier alpha value is -1.36. The maximum absolute atomic E-state index is 12.5. The first-order valence-electron chi connectivity index (χ1n) is 6.18. The molecule has 3 aliphatic rings. The number of carboxylic acid groups (broad SMARTS) is 1. The van der Waals surface area contributed by atoms with Crippen LogP contribution in [-0.2, 0) is 14.3 Å². The number of ether oxygens (including phenoxy) is 1. The maximum atomic E-state index is 12.5. The molecule has 0 aromatic heterocycles. The number of likely N-dealkylation sites (tertiary alicyclic amines) is 1. The minimum atomic E-state index is -0.944. The predicted molar refractivity (Wildman–Crippen MR) is 62.8 cm³/mol. The number of hydrogen-bond acceptors (Lipinski definition) is 3. The van der Waals surface area contributed by atoms with Crippen LogP contribution >= 0.6 is 0 Å². The Balaban J connectivity index is 2.02. The molecule has 0 unspecified atom stereocenters. The summed E-state index contributed by atoms with van der Waals surface area (Å²) < 4.78 is 5.80. The largest absolute Gasteiger partial charge is 0.481 e. The summed E-state index contributed by atoms with van der Waals surface area (Å²) in [6.45, 7) is 6.31. The summed E-state index contributed by atoms with van der Waals surface area (Å²) in [5, 5.41) is 9.30. The van der Waals surface area contributed by atoms with Gasteiger partial charge in [0.05, 0.1) is 18.6 Å². The summed E-state index contributed by atoms with van der Waals surface area (Å²) >= 11 is 0. The van der Waals surface area contributed by atoms with E-state index in [1.54, 1.807) is 11.0 Å². The van der Waals surface area contributed by atoms with Crippen molar-refractivity contribution in [2.24, 2.45) is 11.8 Å². The van der Waals surface area contributed by atoms with Crippen molar-refractivity contribution in [3.8, 4) is 0 Å². The highest BCUT2D eigenvalue weighted by molar-refractivity contribution is 5.91. The molecule has 1 amide bonds. The smallest absolute Gasteiger partial charge is 0.310 e. The number of rotatable bonds is 1. The summed E-state index contributed by atoms with van der Waals surface area (Å²) in [4.78, 5) is 25.6. The minimum Gasteiger partial charge on any atom is -0.481 e. The van der Waals surface area contributed by atoms with Gasteiger partial charge in [-0.15, -0.1) is 0 Å². The number of aliphatic carboxylic acids is 1. The molecule has 5 heteroatoms. The van der Waals surface area contributed by atoms with Crippen LogP contribution in [0.3, 0.4) is 0 Å². The Morgan fingerprint density at radius 2 is 2.22 bits per heavy atom. The Morgan fingerprint density at radius 1 is 1.56 bits per heavy atom. The van der Waals surface area contributed by atoms with Crippen molar-refractivity contribution < 1.29 is 19.4 Å². The van der Waals surface area contributed by atoms with E-state index in [2.05, 4.69) is 0 Å². The van der Waals surface area contributed by atoms with Gasteiger partial charge in [-0.3, -0.25) is 9.59 Å². The van der Waals surface area contributed by atoms with Gasteiger partial charge >= 0.3 is 5.97 Å². The van der Waals surface area contributed by atoms with Crippen LogP contribution < -0.4 is 0 Å². The van der Waals surface area contributed by atoms with E-state index in [-0.39, 0.29) is 11.4 Å². The van der Waals surface area contributed by atoms with Crippen LogP contribution in [0.4, 0.5) is 0 Å². The third kappa shape index (κ3) is 1.25. The van der Waals surface area contributed by atoms with Crippen LogP contribution in [0.5, 0.6) is 0 Å². The van der Waals surface area contributed by atoms with Crippen molar-refractivity contribution in [3.63, 3.8) is 0 Å². The molecular formula is C13H17NO4. The summed E-state index contributed by atoms with van der Waals surface area (Å²) in [5.74, 6) is -2.35. The second-order valence-electron chi connectivity index (χ2n) is 6.33. The van der Waals surface area contributed by atoms with Crippen LogP contribution in [-0.4, -0.2) is 45.7 Å². The van der Waals surface area contributed by atoms with Gasteiger partial charge in [0, 0.05) is 5.54 Å². The van der Waals surface area contributed by atoms with Gasteiger partial charge in [0.25, 0.3) is 0 Å². The van der Waals surface area contributed by atoms with Gasteiger partial charge in [-0.1, -0.05) is 12.2 Å². The first-order valence-corrected chi connectivity index (χ1v) is 6.18. The third-order valence-corrected chi connectivity index (χ3v) is 4.20.